The molecule has 1 heterocycles. The minimum absolute atomic E-state index is 0.0506. The topological polar surface area (TPSA) is 80.5 Å². The fraction of sp³-hybridized carbons (Fsp3) is 0.273. The molecule has 0 atom stereocenters. The lowest BCUT2D eigenvalue weighted by atomic mass is 10.1. The van der Waals surface area contributed by atoms with Gasteiger partial charge in [-0.3, -0.25) is 24.6 Å². The van der Waals surface area contributed by atoms with Gasteiger partial charge in [0.05, 0.1) is 10.6 Å². The van der Waals surface area contributed by atoms with E-state index in [1.165, 1.54) is 18.2 Å². The number of rotatable bonds is 2. The number of carbonyl (C=O) groups is 2. The van der Waals surface area contributed by atoms with E-state index in [4.69, 9.17) is 0 Å². The van der Waals surface area contributed by atoms with Crippen LogP contribution in [0.3, 0.4) is 0 Å². The number of nitrogens with zero attached hydrogens (tertiary/aromatic N) is 2. The maximum atomic E-state index is 11.5. The fourth-order valence-corrected chi connectivity index (χ4v) is 1.85. The van der Waals surface area contributed by atoms with Crippen molar-refractivity contribution in [3.05, 3.63) is 33.9 Å². The highest BCUT2D eigenvalue weighted by Crippen LogP contribution is 2.28. The fourth-order valence-electron chi connectivity index (χ4n) is 1.85. The zero-order valence-electron chi connectivity index (χ0n) is 9.17. The van der Waals surface area contributed by atoms with Gasteiger partial charge in [0.15, 0.2) is 0 Å². The van der Waals surface area contributed by atoms with Gasteiger partial charge in [-0.05, 0) is 18.6 Å². The van der Waals surface area contributed by atoms with Gasteiger partial charge in [-0.2, -0.15) is 0 Å². The molecule has 1 saturated heterocycles. The van der Waals surface area contributed by atoms with Gasteiger partial charge in [-0.1, -0.05) is 0 Å². The standard InChI is InChI=1S/C11H10N2O4/c1-7-6-8(13(16)17)2-3-9(7)12-10(14)4-5-11(12)15/h2-3,6H,4-5H2,1H3. The lowest BCUT2D eigenvalue weighted by molar-refractivity contribution is -0.384. The second kappa shape index (κ2) is 3.97. The third-order valence-corrected chi connectivity index (χ3v) is 2.68. The number of hydrogen-bond donors (Lipinski definition) is 0. The largest absolute Gasteiger partial charge is 0.274 e. The lowest BCUT2D eigenvalue weighted by Gasteiger charge is -2.15. The van der Waals surface area contributed by atoms with Crippen molar-refractivity contribution >= 4 is 23.2 Å². The van der Waals surface area contributed by atoms with Crippen LogP contribution in [0.5, 0.6) is 0 Å². The van der Waals surface area contributed by atoms with E-state index >= 15 is 0 Å². The highest BCUT2D eigenvalue weighted by atomic mass is 16.6. The second-order valence-electron chi connectivity index (χ2n) is 3.85. The summed E-state index contributed by atoms with van der Waals surface area (Å²) in [4.78, 5) is 34.2. The first-order valence-electron chi connectivity index (χ1n) is 5.11. The number of non-ortho nitro benzene ring substituents is 1. The molecule has 2 rings (SSSR count). The molecule has 1 aromatic carbocycles. The number of anilines is 1. The van der Waals surface area contributed by atoms with Gasteiger partial charge in [0.2, 0.25) is 11.8 Å². The molecule has 0 aliphatic carbocycles. The third kappa shape index (κ3) is 1.89. The van der Waals surface area contributed by atoms with Crippen LogP contribution in [0.1, 0.15) is 18.4 Å². The van der Waals surface area contributed by atoms with Crippen molar-refractivity contribution in [1.29, 1.82) is 0 Å². The summed E-state index contributed by atoms with van der Waals surface area (Å²) in [5, 5.41) is 10.6. The maximum Gasteiger partial charge on any atom is 0.269 e. The molecule has 17 heavy (non-hydrogen) atoms. The summed E-state index contributed by atoms with van der Waals surface area (Å²) in [5.41, 5.74) is 0.927. The molecule has 1 aromatic rings. The van der Waals surface area contributed by atoms with Gasteiger partial charge in [-0.15, -0.1) is 0 Å². The predicted molar refractivity (Wildman–Crippen MR) is 59.6 cm³/mol. The van der Waals surface area contributed by atoms with Crippen LogP contribution in [0.15, 0.2) is 18.2 Å². The van der Waals surface area contributed by atoms with Crippen LogP contribution in [0, 0.1) is 17.0 Å². The van der Waals surface area contributed by atoms with Crippen LogP contribution < -0.4 is 4.90 Å². The first-order chi connectivity index (χ1) is 8.00. The summed E-state index contributed by atoms with van der Waals surface area (Å²) in [6, 6.07) is 4.09. The molecule has 1 aliphatic rings. The quantitative estimate of drug-likeness (QED) is 0.441. The SMILES string of the molecule is Cc1cc([N+](=O)[O-])ccc1N1C(=O)CCC1=O. The average Bonchev–Trinajstić information content (AvgIpc) is 2.59. The molecule has 6 nitrogen and oxygen atoms in total. The van der Waals surface area contributed by atoms with E-state index in [2.05, 4.69) is 0 Å². The van der Waals surface area contributed by atoms with Crippen molar-refractivity contribution in [1.82, 2.24) is 0 Å². The highest BCUT2D eigenvalue weighted by molar-refractivity contribution is 6.20. The Labute approximate surface area is 97.0 Å². The Morgan fingerprint density at radius 1 is 1.24 bits per heavy atom. The average molecular weight is 234 g/mol. The third-order valence-electron chi connectivity index (χ3n) is 2.68. The number of nitro benzene ring substituents is 1. The second-order valence-corrected chi connectivity index (χ2v) is 3.85. The van der Waals surface area contributed by atoms with Crippen molar-refractivity contribution in [3.63, 3.8) is 0 Å². The number of aryl methyl sites for hydroxylation is 1. The number of carbonyl (C=O) groups excluding carboxylic acids is 2. The summed E-state index contributed by atoms with van der Waals surface area (Å²) in [6.07, 6.45) is 0.407. The molecule has 0 bridgehead atoms. The molecular formula is C11H10N2O4. The van der Waals surface area contributed by atoms with E-state index < -0.39 is 4.92 Å². The number of hydrogen-bond acceptors (Lipinski definition) is 4. The summed E-state index contributed by atoms with van der Waals surface area (Å²) < 4.78 is 0. The van der Waals surface area contributed by atoms with Crippen molar-refractivity contribution in [2.75, 3.05) is 4.90 Å². The van der Waals surface area contributed by atoms with E-state index in [9.17, 15) is 19.7 Å². The van der Waals surface area contributed by atoms with Crippen molar-refractivity contribution in [2.24, 2.45) is 0 Å². The van der Waals surface area contributed by atoms with Gasteiger partial charge < -0.3 is 0 Å². The molecule has 1 fully saturated rings. The summed E-state index contributed by atoms with van der Waals surface area (Å²) in [5.74, 6) is -0.515. The number of imide groups is 1. The van der Waals surface area contributed by atoms with Crippen LogP contribution in [0.25, 0.3) is 0 Å². The van der Waals surface area contributed by atoms with Crippen LogP contribution in [-0.4, -0.2) is 16.7 Å². The lowest BCUT2D eigenvalue weighted by Crippen LogP contribution is -2.29. The molecule has 0 spiro atoms. The smallest absolute Gasteiger partial charge is 0.269 e. The molecule has 1 aliphatic heterocycles. The number of amides is 2. The molecule has 0 N–H and O–H groups in total. The summed E-state index contributed by atoms with van der Waals surface area (Å²) in [6.45, 7) is 1.64. The Morgan fingerprint density at radius 2 is 1.82 bits per heavy atom. The van der Waals surface area contributed by atoms with E-state index in [1.807, 2.05) is 0 Å². The minimum Gasteiger partial charge on any atom is -0.274 e. The first-order valence-corrected chi connectivity index (χ1v) is 5.11. The summed E-state index contributed by atoms with van der Waals surface area (Å²) >= 11 is 0. The first kappa shape index (κ1) is 11.3. The molecule has 0 saturated carbocycles. The molecule has 0 radical (unpaired) electrons. The Bertz CT molecular complexity index is 508. The molecular weight excluding hydrogens is 224 g/mol. The summed E-state index contributed by atoms with van der Waals surface area (Å²) in [7, 11) is 0. The molecule has 88 valence electrons. The Kier molecular flexibility index (Phi) is 2.63. The molecule has 2 amide bonds. The van der Waals surface area contributed by atoms with E-state index in [-0.39, 0.29) is 30.3 Å². The zero-order chi connectivity index (χ0) is 12.6. The molecule has 0 unspecified atom stereocenters. The number of benzene rings is 1. The minimum atomic E-state index is -0.510. The van der Waals surface area contributed by atoms with Crippen LogP contribution in [-0.2, 0) is 9.59 Å². The number of nitro groups is 1. The van der Waals surface area contributed by atoms with E-state index in [0.717, 1.165) is 4.90 Å². The Hall–Kier alpha value is -2.24. The van der Waals surface area contributed by atoms with Gasteiger partial charge >= 0.3 is 0 Å². The monoisotopic (exact) mass is 234 g/mol. The predicted octanol–water partition coefficient (Wildman–Crippen LogP) is 1.56. The van der Waals surface area contributed by atoms with Gasteiger partial charge in [0.1, 0.15) is 0 Å². The Balaban J connectivity index is 2.43. The molecule has 0 aromatic heterocycles. The van der Waals surface area contributed by atoms with Crippen molar-refractivity contribution in [3.8, 4) is 0 Å². The van der Waals surface area contributed by atoms with Crippen molar-refractivity contribution in [2.45, 2.75) is 19.8 Å². The van der Waals surface area contributed by atoms with E-state index in [0.29, 0.717) is 11.3 Å². The highest BCUT2D eigenvalue weighted by Gasteiger charge is 2.31. The van der Waals surface area contributed by atoms with Crippen LogP contribution >= 0.6 is 0 Å². The van der Waals surface area contributed by atoms with Gasteiger partial charge in [-0.25, -0.2) is 0 Å². The van der Waals surface area contributed by atoms with Gasteiger partial charge in [0.25, 0.3) is 5.69 Å². The van der Waals surface area contributed by atoms with Crippen LogP contribution in [0.4, 0.5) is 11.4 Å². The van der Waals surface area contributed by atoms with Gasteiger partial charge in [0, 0.05) is 25.0 Å². The Morgan fingerprint density at radius 3 is 2.29 bits per heavy atom. The van der Waals surface area contributed by atoms with Crippen LogP contribution in [0.2, 0.25) is 0 Å². The maximum absolute atomic E-state index is 11.5. The van der Waals surface area contributed by atoms with E-state index in [1.54, 1.807) is 6.92 Å². The normalized spacial score (nSPS) is 15.5. The van der Waals surface area contributed by atoms with Crippen molar-refractivity contribution < 1.29 is 14.5 Å². The molecule has 6 heteroatoms. The zero-order valence-corrected chi connectivity index (χ0v) is 9.17.